The molecule has 88 valence electrons. The first kappa shape index (κ1) is 12.7. The average molecular weight is 211 g/mol. The molecule has 0 radical (unpaired) electrons. The van der Waals surface area contributed by atoms with Gasteiger partial charge in [-0.3, -0.25) is 0 Å². The first-order chi connectivity index (χ1) is 6.94. The van der Waals surface area contributed by atoms with E-state index in [0.29, 0.717) is 6.04 Å². The van der Waals surface area contributed by atoms with Crippen molar-refractivity contribution in [1.29, 1.82) is 0 Å². The third-order valence-electron chi connectivity index (χ3n) is 3.51. The molecule has 0 N–H and O–H groups in total. The molecule has 1 rings (SSSR count). The highest BCUT2D eigenvalue weighted by Crippen LogP contribution is 2.28. The van der Waals surface area contributed by atoms with Crippen molar-refractivity contribution in [1.82, 2.24) is 4.90 Å². The molecule has 15 heavy (non-hydrogen) atoms. The molecule has 0 aliphatic heterocycles. The summed E-state index contributed by atoms with van der Waals surface area (Å²) in [5.74, 6) is 0.852. The summed E-state index contributed by atoms with van der Waals surface area (Å²) in [4.78, 5) is 13.3. The molecule has 1 aliphatic rings. The molecule has 2 heteroatoms. The minimum Gasteiger partial charge on any atom is -0.303 e. The van der Waals surface area contributed by atoms with Gasteiger partial charge in [-0.2, -0.15) is 0 Å². The topological polar surface area (TPSA) is 20.3 Å². The van der Waals surface area contributed by atoms with E-state index in [0.717, 1.165) is 18.7 Å². The molecule has 0 heterocycles. The lowest BCUT2D eigenvalue weighted by Gasteiger charge is -2.37. The third-order valence-corrected chi connectivity index (χ3v) is 3.51. The van der Waals surface area contributed by atoms with Crippen molar-refractivity contribution in [2.24, 2.45) is 11.3 Å². The van der Waals surface area contributed by atoms with Crippen LogP contribution >= 0.6 is 0 Å². The predicted octanol–water partition coefficient (Wildman–Crippen LogP) is 2.72. The molecule has 0 saturated heterocycles. The zero-order chi connectivity index (χ0) is 11.5. The fourth-order valence-electron chi connectivity index (χ4n) is 2.61. The van der Waals surface area contributed by atoms with Crippen LogP contribution in [0, 0.1) is 11.3 Å². The molecule has 2 unspecified atom stereocenters. The zero-order valence-corrected chi connectivity index (χ0v) is 10.6. The third kappa shape index (κ3) is 3.94. The van der Waals surface area contributed by atoms with Crippen LogP contribution < -0.4 is 0 Å². The molecule has 0 spiro atoms. The van der Waals surface area contributed by atoms with Crippen molar-refractivity contribution in [3.05, 3.63) is 0 Å². The quantitative estimate of drug-likeness (QED) is 0.666. The Morgan fingerprint density at radius 2 is 2.07 bits per heavy atom. The highest BCUT2D eigenvalue weighted by molar-refractivity contribution is 5.58. The van der Waals surface area contributed by atoms with Crippen LogP contribution in [0.1, 0.15) is 46.5 Å². The van der Waals surface area contributed by atoms with E-state index in [1.165, 1.54) is 25.7 Å². The summed E-state index contributed by atoms with van der Waals surface area (Å²) in [6.07, 6.45) is 6.40. The number of rotatable bonds is 4. The minimum atomic E-state index is -0.199. The van der Waals surface area contributed by atoms with E-state index in [2.05, 4.69) is 18.9 Å². The van der Waals surface area contributed by atoms with E-state index >= 15 is 0 Å². The molecule has 2 atom stereocenters. The standard InChI is InChI=1S/C13H25NO/c1-11-6-5-7-12(8-11)14(4)9-13(2,3)10-15/h10-12H,5-9H2,1-4H3. The molecule has 0 bridgehead atoms. The van der Waals surface area contributed by atoms with Crippen LogP contribution in [-0.4, -0.2) is 30.8 Å². The maximum atomic E-state index is 10.9. The van der Waals surface area contributed by atoms with Gasteiger partial charge in [0, 0.05) is 18.0 Å². The molecule has 1 saturated carbocycles. The summed E-state index contributed by atoms with van der Waals surface area (Å²) in [7, 11) is 2.16. The fourth-order valence-corrected chi connectivity index (χ4v) is 2.61. The molecule has 0 amide bonds. The number of aldehydes is 1. The van der Waals surface area contributed by atoms with E-state index in [-0.39, 0.29) is 5.41 Å². The molecular weight excluding hydrogens is 186 g/mol. The molecule has 0 aromatic heterocycles. The molecule has 2 nitrogen and oxygen atoms in total. The molecule has 0 aromatic rings. The SMILES string of the molecule is CC1CCCC(N(C)CC(C)(C)C=O)C1. The van der Waals surface area contributed by atoms with Crippen LogP contribution in [0.25, 0.3) is 0 Å². The first-order valence-electron chi connectivity index (χ1n) is 6.11. The highest BCUT2D eigenvalue weighted by atomic mass is 16.1. The lowest BCUT2D eigenvalue weighted by atomic mass is 9.85. The second-order valence-corrected chi connectivity index (χ2v) is 5.95. The second-order valence-electron chi connectivity index (χ2n) is 5.95. The van der Waals surface area contributed by atoms with Crippen molar-refractivity contribution in [3.8, 4) is 0 Å². The Morgan fingerprint density at radius 3 is 2.60 bits per heavy atom. The minimum absolute atomic E-state index is 0.199. The first-order valence-corrected chi connectivity index (χ1v) is 6.11. The van der Waals surface area contributed by atoms with Crippen molar-refractivity contribution in [3.63, 3.8) is 0 Å². The number of hydrogen-bond donors (Lipinski definition) is 0. The molecule has 1 fully saturated rings. The predicted molar refractivity (Wildman–Crippen MR) is 63.9 cm³/mol. The van der Waals surface area contributed by atoms with Crippen molar-refractivity contribution >= 4 is 6.29 Å². The molecular formula is C13H25NO. The Morgan fingerprint density at radius 1 is 1.40 bits per heavy atom. The normalized spacial score (nSPS) is 28.1. The summed E-state index contributed by atoms with van der Waals surface area (Å²) in [5.41, 5.74) is -0.199. The number of hydrogen-bond acceptors (Lipinski definition) is 2. The van der Waals surface area contributed by atoms with Gasteiger partial charge < -0.3 is 9.69 Å². The Bertz CT molecular complexity index is 213. The van der Waals surface area contributed by atoms with Gasteiger partial charge in [-0.1, -0.05) is 33.6 Å². The van der Waals surface area contributed by atoms with Gasteiger partial charge in [-0.15, -0.1) is 0 Å². The van der Waals surface area contributed by atoms with Crippen LogP contribution in [0.5, 0.6) is 0 Å². The van der Waals surface area contributed by atoms with Gasteiger partial charge in [0.05, 0.1) is 0 Å². The lowest BCUT2D eigenvalue weighted by Crippen LogP contribution is -2.41. The monoisotopic (exact) mass is 211 g/mol. The van der Waals surface area contributed by atoms with Crippen molar-refractivity contribution in [2.75, 3.05) is 13.6 Å². The second kappa shape index (κ2) is 5.11. The van der Waals surface area contributed by atoms with Gasteiger partial charge in [-0.05, 0) is 25.8 Å². The van der Waals surface area contributed by atoms with E-state index < -0.39 is 0 Å². The van der Waals surface area contributed by atoms with Crippen LogP contribution in [0.3, 0.4) is 0 Å². The van der Waals surface area contributed by atoms with E-state index in [1.54, 1.807) is 0 Å². The van der Waals surface area contributed by atoms with Crippen LogP contribution in [0.2, 0.25) is 0 Å². The van der Waals surface area contributed by atoms with Crippen molar-refractivity contribution < 1.29 is 4.79 Å². The zero-order valence-electron chi connectivity index (χ0n) is 10.6. The number of carbonyl (C=O) groups is 1. The smallest absolute Gasteiger partial charge is 0.126 e. The Kier molecular flexibility index (Phi) is 4.32. The van der Waals surface area contributed by atoms with Crippen LogP contribution in [-0.2, 0) is 4.79 Å². The summed E-state index contributed by atoms with van der Waals surface area (Å²) in [6, 6.07) is 0.688. The summed E-state index contributed by atoms with van der Waals surface area (Å²) < 4.78 is 0. The lowest BCUT2D eigenvalue weighted by molar-refractivity contribution is -0.115. The number of carbonyl (C=O) groups excluding carboxylic acids is 1. The van der Waals surface area contributed by atoms with Crippen molar-refractivity contribution in [2.45, 2.75) is 52.5 Å². The van der Waals surface area contributed by atoms with E-state index in [9.17, 15) is 4.79 Å². The molecule has 1 aliphatic carbocycles. The summed E-state index contributed by atoms with van der Waals surface area (Å²) >= 11 is 0. The Balaban J connectivity index is 2.45. The van der Waals surface area contributed by atoms with Gasteiger partial charge in [-0.25, -0.2) is 0 Å². The van der Waals surface area contributed by atoms with Crippen LogP contribution in [0.15, 0.2) is 0 Å². The molecule has 0 aromatic carbocycles. The number of nitrogens with zero attached hydrogens (tertiary/aromatic N) is 1. The van der Waals surface area contributed by atoms with Gasteiger partial charge in [0.2, 0.25) is 0 Å². The highest BCUT2D eigenvalue weighted by Gasteiger charge is 2.26. The summed E-state index contributed by atoms with van der Waals surface area (Å²) in [5, 5.41) is 0. The van der Waals surface area contributed by atoms with Crippen LogP contribution in [0.4, 0.5) is 0 Å². The Hall–Kier alpha value is -0.370. The Labute approximate surface area is 94.0 Å². The maximum absolute atomic E-state index is 10.9. The van der Waals surface area contributed by atoms with Gasteiger partial charge in [0.25, 0.3) is 0 Å². The summed E-state index contributed by atoms with van der Waals surface area (Å²) in [6.45, 7) is 7.25. The maximum Gasteiger partial charge on any atom is 0.126 e. The fraction of sp³-hybridized carbons (Fsp3) is 0.923. The van der Waals surface area contributed by atoms with E-state index in [4.69, 9.17) is 0 Å². The average Bonchev–Trinajstić information content (AvgIpc) is 2.17. The van der Waals surface area contributed by atoms with E-state index in [1.807, 2.05) is 13.8 Å². The van der Waals surface area contributed by atoms with Gasteiger partial charge >= 0.3 is 0 Å². The van der Waals surface area contributed by atoms with Gasteiger partial charge in [0.1, 0.15) is 6.29 Å². The van der Waals surface area contributed by atoms with Gasteiger partial charge in [0.15, 0.2) is 0 Å². The largest absolute Gasteiger partial charge is 0.303 e.